The number of nitrogens with one attached hydrogen (secondary N) is 1. The largest absolute Gasteiger partial charge is 0.314 e. The summed E-state index contributed by atoms with van der Waals surface area (Å²) in [5, 5.41) is 7.79. The van der Waals surface area contributed by atoms with Crippen molar-refractivity contribution in [2.45, 2.75) is 45.7 Å². The van der Waals surface area contributed by atoms with Gasteiger partial charge in [0.15, 0.2) is 0 Å². The Labute approximate surface area is 98.2 Å². The number of aromatic nitrogens is 2. The zero-order chi connectivity index (χ0) is 11.5. The van der Waals surface area contributed by atoms with Crippen LogP contribution in [-0.2, 0) is 6.54 Å². The van der Waals surface area contributed by atoms with E-state index in [1.807, 2.05) is 7.05 Å². The molecule has 1 heterocycles. The molecule has 2 atom stereocenters. The number of rotatable bonds is 3. The minimum absolute atomic E-state index is 0.615. The normalized spacial score (nSPS) is 30.6. The summed E-state index contributed by atoms with van der Waals surface area (Å²) in [5.41, 5.74) is 1.15. The molecular weight excluding hydrogens is 198 g/mol. The lowest BCUT2D eigenvalue weighted by molar-refractivity contribution is 0.209. The number of hydrogen-bond acceptors (Lipinski definition) is 2. The maximum atomic E-state index is 4.65. The van der Waals surface area contributed by atoms with Crippen LogP contribution in [0.5, 0.6) is 0 Å². The molecule has 0 spiro atoms. The third-order valence-electron chi connectivity index (χ3n) is 3.55. The van der Waals surface area contributed by atoms with Crippen LogP contribution in [0.1, 0.15) is 44.8 Å². The predicted octanol–water partition coefficient (Wildman–Crippen LogP) is 2.60. The summed E-state index contributed by atoms with van der Waals surface area (Å²) in [5.74, 6) is 1.68. The molecular formula is C13H23N3. The molecule has 0 radical (unpaired) electrons. The smallest absolute Gasteiger partial charge is 0.0762 e. The van der Waals surface area contributed by atoms with Gasteiger partial charge < -0.3 is 5.32 Å². The molecule has 3 heteroatoms. The highest BCUT2D eigenvalue weighted by atomic mass is 15.3. The van der Waals surface area contributed by atoms with Crippen molar-refractivity contribution in [3.05, 3.63) is 18.0 Å². The molecule has 1 aliphatic carbocycles. The first-order valence-corrected chi connectivity index (χ1v) is 6.37. The lowest BCUT2D eigenvalue weighted by Gasteiger charge is -2.31. The minimum atomic E-state index is 0.615. The third kappa shape index (κ3) is 2.64. The lowest BCUT2D eigenvalue weighted by atomic mass is 9.80. The third-order valence-corrected chi connectivity index (χ3v) is 3.55. The highest BCUT2D eigenvalue weighted by molar-refractivity contribution is 4.99. The van der Waals surface area contributed by atoms with Crippen molar-refractivity contribution >= 4 is 0 Å². The molecule has 0 saturated heterocycles. The van der Waals surface area contributed by atoms with Crippen molar-refractivity contribution in [1.82, 2.24) is 15.1 Å². The van der Waals surface area contributed by atoms with Gasteiger partial charge in [0.1, 0.15) is 0 Å². The summed E-state index contributed by atoms with van der Waals surface area (Å²) in [6, 6.07) is 2.74. The van der Waals surface area contributed by atoms with E-state index in [2.05, 4.69) is 41.2 Å². The fourth-order valence-electron chi connectivity index (χ4n) is 2.98. The first kappa shape index (κ1) is 11.6. The Morgan fingerprint density at radius 1 is 1.31 bits per heavy atom. The molecule has 1 aliphatic rings. The zero-order valence-electron chi connectivity index (χ0n) is 10.6. The average Bonchev–Trinajstić information content (AvgIpc) is 2.65. The van der Waals surface area contributed by atoms with E-state index in [9.17, 15) is 0 Å². The molecule has 0 bridgehead atoms. The van der Waals surface area contributed by atoms with Crippen molar-refractivity contribution in [3.8, 4) is 0 Å². The fraction of sp³-hybridized carbons (Fsp3) is 0.769. The molecule has 1 N–H and O–H groups in total. The molecule has 1 aromatic rings. The van der Waals surface area contributed by atoms with Gasteiger partial charge in [0.05, 0.1) is 11.7 Å². The Kier molecular flexibility index (Phi) is 3.64. The SMILES string of the molecule is CNCc1ccn(C2CC(C)CC(C)C2)n1. The maximum Gasteiger partial charge on any atom is 0.0762 e. The molecule has 1 aromatic heterocycles. The summed E-state index contributed by atoms with van der Waals surface area (Å²) in [7, 11) is 1.96. The Balaban J connectivity index is 2.04. The van der Waals surface area contributed by atoms with Crippen molar-refractivity contribution in [2.75, 3.05) is 7.05 Å². The van der Waals surface area contributed by atoms with E-state index < -0.39 is 0 Å². The summed E-state index contributed by atoms with van der Waals surface area (Å²) in [6.45, 7) is 5.59. The van der Waals surface area contributed by atoms with Crippen LogP contribution in [-0.4, -0.2) is 16.8 Å². The van der Waals surface area contributed by atoms with Crippen molar-refractivity contribution in [1.29, 1.82) is 0 Å². The fourth-order valence-corrected chi connectivity index (χ4v) is 2.98. The molecule has 1 saturated carbocycles. The molecule has 3 nitrogen and oxygen atoms in total. The first-order valence-electron chi connectivity index (χ1n) is 6.37. The van der Waals surface area contributed by atoms with Crippen LogP contribution in [0.4, 0.5) is 0 Å². The van der Waals surface area contributed by atoms with E-state index in [1.54, 1.807) is 0 Å². The molecule has 16 heavy (non-hydrogen) atoms. The summed E-state index contributed by atoms with van der Waals surface area (Å²) in [4.78, 5) is 0. The highest BCUT2D eigenvalue weighted by Crippen LogP contribution is 2.35. The summed E-state index contributed by atoms with van der Waals surface area (Å²) < 4.78 is 2.18. The van der Waals surface area contributed by atoms with Gasteiger partial charge in [-0.3, -0.25) is 4.68 Å². The van der Waals surface area contributed by atoms with Gasteiger partial charge in [0.2, 0.25) is 0 Å². The minimum Gasteiger partial charge on any atom is -0.314 e. The quantitative estimate of drug-likeness (QED) is 0.850. The lowest BCUT2D eigenvalue weighted by Crippen LogP contribution is -2.23. The van der Waals surface area contributed by atoms with Gasteiger partial charge in [0.25, 0.3) is 0 Å². The summed E-state index contributed by atoms with van der Waals surface area (Å²) in [6.07, 6.45) is 6.08. The van der Waals surface area contributed by atoms with E-state index in [4.69, 9.17) is 0 Å². The Hall–Kier alpha value is -0.830. The van der Waals surface area contributed by atoms with Gasteiger partial charge in [-0.25, -0.2) is 0 Å². The molecule has 0 aromatic carbocycles. The Bertz CT molecular complexity index is 322. The van der Waals surface area contributed by atoms with Crippen LogP contribution in [0.2, 0.25) is 0 Å². The van der Waals surface area contributed by atoms with Gasteiger partial charge in [-0.2, -0.15) is 5.10 Å². The maximum absolute atomic E-state index is 4.65. The predicted molar refractivity (Wildman–Crippen MR) is 66.2 cm³/mol. The standard InChI is InChI=1S/C13H23N3/c1-10-6-11(2)8-13(7-10)16-5-4-12(15-16)9-14-3/h4-5,10-11,13-14H,6-9H2,1-3H3. The van der Waals surface area contributed by atoms with Crippen LogP contribution >= 0.6 is 0 Å². The van der Waals surface area contributed by atoms with Crippen molar-refractivity contribution in [2.24, 2.45) is 11.8 Å². The van der Waals surface area contributed by atoms with E-state index in [0.29, 0.717) is 6.04 Å². The molecule has 2 rings (SSSR count). The van der Waals surface area contributed by atoms with Crippen molar-refractivity contribution in [3.63, 3.8) is 0 Å². The van der Waals surface area contributed by atoms with Gasteiger partial charge >= 0.3 is 0 Å². The number of nitrogens with zero attached hydrogens (tertiary/aromatic N) is 2. The number of hydrogen-bond donors (Lipinski definition) is 1. The monoisotopic (exact) mass is 221 g/mol. The van der Waals surface area contributed by atoms with E-state index in [0.717, 1.165) is 24.1 Å². The zero-order valence-corrected chi connectivity index (χ0v) is 10.6. The first-order chi connectivity index (χ1) is 7.69. The second-order valence-corrected chi connectivity index (χ2v) is 5.39. The second kappa shape index (κ2) is 5.00. The average molecular weight is 221 g/mol. The van der Waals surface area contributed by atoms with Crippen LogP contribution in [0.15, 0.2) is 12.3 Å². The van der Waals surface area contributed by atoms with Gasteiger partial charge in [-0.15, -0.1) is 0 Å². The van der Waals surface area contributed by atoms with Crippen LogP contribution in [0, 0.1) is 11.8 Å². The second-order valence-electron chi connectivity index (χ2n) is 5.39. The van der Waals surface area contributed by atoms with Gasteiger partial charge in [0, 0.05) is 12.7 Å². The molecule has 90 valence electrons. The van der Waals surface area contributed by atoms with Gasteiger partial charge in [-0.05, 0) is 44.2 Å². The Morgan fingerprint density at radius 3 is 2.62 bits per heavy atom. The van der Waals surface area contributed by atoms with Crippen molar-refractivity contribution < 1.29 is 0 Å². The van der Waals surface area contributed by atoms with E-state index >= 15 is 0 Å². The van der Waals surface area contributed by atoms with Crippen LogP contribution in [0.3, 0.4) is 0 Å². The molecule has 0 amide bonds. The molecule has 0 aliphatic heterocycles. The summed E-state index contributed by atoms with van der Waals surface area (Å²) >= 11 is 0. The van der Waals surface area contributed by atoms with E-state index in [1.165, 1.54) is 19.3 Å². The molecule has 1 fully saturated rings. The topological polar surface area (TPSA) is 29.9 Å². The van der Waals surface area contributed by atoms with E-state index in [-0.39, 0.29) is 0 Å². The Morgan fingerprint density at radius 2 is 2.00 bits per heavy atom. The van der Waals surface area contributed by atoms with Crippen LogP contribution < -0.4 is 5.32 Å². The molecule has 2 unspecified atom stereocenters. The van der Waals surface area contributed by atoms with Crippen LogP contribution in [0.25, 0.3) is 0 Å². The highest BCUT2D eigenvalue weighted by Gasteiger charge is 2.25. The van der Waals surface area contributed by atoms with Gasteiger partial charge in [-0.1, -0.05) is 13.8 Å².